The molecule has 1 N–H and O–H groups in total. The first kappa shape index (κ1) is 20.7. The topological polar surface area (TPSA) is 107 Å². The monoisotopic (exact) mass is 415 g/mol. The fourth-order valence-corrected chi connectivity index (χ4v) is 3.82. The third-order valence-electron chi connectivity index (χ3n) is 4.51. The molecule has 1 aromatic carbocycles. The molecule has 29 heavy (non-hydrogen) atoms. The SMILES string of the molecule is Cc1ccc(S(=O)(=O)NCC(=O)OCc2cc(=O)n3c(C)cccc3n2)cc1C. The number of benzene rings is 1. The van der Waals surface area contributed by atoms with E-state index in [2.05, 4.69) is 9.71 Å². The average Bonchev–Trinajstić information content (AvgIpc) is 2.66. The van der Waals surface area contributed by atoms with Gasteiger partial charge in [0.2, 0.25) is 10.0 Å². The molecule has 0 atom stereocenters. The fourth-order valence-electron chi connectivity index (χ4n) is 2.76. The second kappa shape index (κ2) is 8.14. The average molecular weight is 415 g/mol. The number of rotatable bonds is 6. The highest BCUT2D eigenvalue weighted by Crippen LogP contribution is 2.14. The quantitative estimate of drug-likeness (QED) is 0.614. The lowest BCUT2D eigenvalue weighted by molar-refractivity contribution is -0.143. The molecule has 0 saturated carbocycles. The van der Waals surface area contributed by atoms with Crippen molar-refractivity contribution in [3.8, 4) is 0 Å². The Morgan fingerprint density at radius 1 is 1.10 bits per heavy atom. The molecule has 0 amide bonds. The Balaban J connectivity index is 1.63. The molecule has 0 unspecified atom stereocenters. The van der Waals surface area contributed by atoms with E-state index in [-0.39, 0.29) is 22.8 Å². The van der Waals surface area contributed by atoms with Crippen molar-refractivity contribution in [2.24, 2.45) is 0 Å². The van der Waals surface area contributed by atoms with Gasteiger partial charge >= 0.3 is 5.97 Å². The number of sulfonamides is 1. The lowest BCUT2D eigenvalue weighted by atomic mass is 10.1. The molecular formula is C20H21N3O5S. The zero-order valence-corrected chi connectivity index (χ0v) is 17.1. The van der Waals surface area contributed by atoms with E-state index in [9.17, 15) is 18.0 Å². The second-order valence-corrected chi connectivity index (χ2v) is 8.44. The maximum Gasteiger partial charge on any atom is 0.321 e. The van der Waals surface area contributed by atoms with Gasteiger partial charge in [0.15, 0.2) is 0 Å². The van der Waals surface area contributed by atoms with Crippen LogP contribution in [0.3, 0.4) is 0 Å². The minimum absolute atomic E-state index is 0.0768. The van der Waals surface area contributed by atoms with Crippen LogP contribution in [0.5, 0.6) is 0 Å². The van der Waals surface area contributed by atoms with Gasteiger partial charge in [-0.15, -0.1) is 0 Å². The highest BCUT2D eigenvalue weighted by Gasteiger charge is 2.17. The van der Waals surface area contributed by atoms with Crippen LogP contribution in [0.25, 0.3) is 5.65 Å². The van der Waals surface area contributed by atoms with Crippen molar-refractivity contribution in [1.29, 1.82) is 0 Å². The van der Waals surface area contributed by atoms with Gasteiger partial charge < -0.3 is 4.74 Å². The van der Waals surface area contributed by atoms with Gasteiger partial charge in [0.05, 0.1) is 10.6 Å². The molecule has 3 aromatic rings. The number of ether oxygens (including phenoxy) is 1. The predicted molar refractivity (Wildman–Crippen MR) is 107 cm³/mol. The van der Waals surface area contributed by atoms with Crippen molar-refractivity contribution in [3.63, 3.8) is 0 Å². The van der Waals surface area contributed by atoms with E-state index in [1.807, 2.05) is 13.8 Å². The first-order valence-electron chi connectivity index (χ1n) is 8.88. The lowest BCUT2D eigenvalue weighted by Gasteiger charge is -2.09. The molecule has 8 nitrogen and oxygen atoms in total. The first-order valence-corrected chi connectivity index (χ1v) is 10.4. The molecule has 152 valence electrons. The van der Waals surface area contributed by atoms with Crippen LogP contribution < -0.4 is 10.3 Å². The van der Waals surface area contributed by atoms with Gasteiger partial charge in [0.1, 0.15) is 18.8 Å². The largest absolute Gasteiger partial charge is 0.458 e. The molecule has 0 bridgehead atoms. The van der Waals surface area contributed by atoms with Gasteiger partial charge in [-0.3, -0.25) is 14.0 Å². The van der Waals surface area contributed by atoms with Crippen LogP contribution in [-0.2, 0) is 26.2 Å². The zero-order chi connectivity index (χ0) is 21.2. The molecule has 9 heteroatoms. The zero-order valence-electron chi connectivity index (χ0n) is 16.3. The minimum Gasteiger partial charge on any atom is -0.458 e. The summed E-state index contributed by atoms with van der Waals surface area (Å²) in [6.45, 7) is 4.72. The molecule has 0 fully saturated rings. The summed E-state index contributed by atoms with van der Waals surface area (Å²) in [7, 11) is -3.84. The van der Waals surface area contributed by atoms with Crippen molar-refractivity contribution in [3.05, 3.63) is 75.3 Å². The normalized spacial score (nSPS) is 11.6. The third kappa shape index (κ3) is 4.69. The van der Waals surface area contributed by atoms with Gasteiger partial charge in [-0.1, -0.05) is 12.1 Å². The van der Waals surface area contributed by atoms with E-state index in [0.29, 0.717) is 5.65 Å². The van der Waals surface area contributed by atoms with Crippen LogP contribution in [0, 0.1) is 20.8 Å². The number of hydrogen-bond acceptors (Lipinski definition) is 6. The Kier molecular flexibility index (Phi) is 5.81. The summed E-state index contributed by atoms with van der Waals surface area (Å²) >= 11 is 0. The minimum atomic E-state index is -3.84. The van der Waals surface area contributed by atoms with Crippen LogP contribution in [-0.4, -0.2) is 30.3 Å². The molecular weight excluding hydrogens is 394 g/mol. The van der Waals surface area contributed by atoms with E-state index < -0.39 is 22.5 Å². The molecule has 0 spiro atoms. The molecule has 0 radical (unpaired) electrons. The van der Waals surface area contributed by atoms with Gasteiger partial charge in [-0.2, -0.15) is 4.72 Å². The number of esters is 1. The molecule has 2 aromatic heterocycles. The van der Waals surface area contributed by atoms with Crippen molar-refractivity contribution in [1.82, 2.24) is 14.1 Å². The smallest absolute Gasteiger partial charge is 0.321 e. The van der Waals surface area contributed by atoms with Crippen LogP contribution in [0.1, 0.15) is 22.5 Å². The number of carbonyl (C=O) groups excluding carboxylic acids is 1. The lowest BCUT2D eigenvalue weighted by Crippen LogP contribution is -2.31. The summed E-state index contributed by atoms with van der Waals surface area (Å²) in [5.41, 5.74) is 2.99. The number of aryl methyl sites for hydroxylation is 3. The Bertz CT molecular complexity index is 1250. The summed E-state index contributed by atoms with van der Waals surface area (Å²) in [6.07, 6.45) is 0. The van der Waals surface area contributed by atoms with Crippen LogP contribution in [0.15, 0.2) is 52.2 Å². The van der Waals surface area contributed by atoms with Crippen molar-refractivity contribution in [2.45, 2.75) is 32.3 Å². The van der Waals surface area contributed by atoms with E-state index >= 15 is 0 Å². The number of carbonyl (C=O) groups is 1. The first-order chi connectivity index (χ1) is 13.7. The highest BCUT2D eigenvalue weighted by atomic mass is 32.2. The number of nitrogens with zero attached hydrogens (tertiary/aromatic N) is 2. The summed E-state index contributed by atoms with van der Waals surface area (Å²) in [5.74, 6) is -0.774. The van der Waals surface area contributed by atoms with Crippen LogP contribution >= 0.6 is 0 Å². The molecule has 3 rings (SSSR count). The van der Waals surface area contributed by atoms with E-state index in [1.165, 1.54) is 22.6 Å². The van der Waals surface area contributed by atoms with Crippen molar-refractivity contribution >= 4 is 21.6 Å². The van der Waals surface area contributed by atoms with Crippen LogP contribution in [0.2, 0.25) is 0 Å². The number of pyridine rings is 1. The Hall–Kier alpha value is -3.04. The van der Waals surface area contributed by atoms with Crippen molar-refractivity contribution in [2.75, 3.05) is 6.54 Å². The van der Waals surface area contributed by atoms with Gasteiger partial charge in [0.25, 0.3) is 5.56 Å². The Morgan fingerprint density at radius 2 is 1.86 bits per heavy atom. The van der Waals surface area contributed by atoms with E-state index in [4.69, 9.17) is 4.74 Å². The Labute approximate surface area is 168 Å². The summed E-state index contributed by atoms with van der Waals surface area (Å²) in [5, 5.41) is 0. The van der Waals surface area contributed by atoms with Crippen molar-refractivity contribution < 1.29 is 17.9 Å². The van der Waals surface area contributed by atoms with E-state index in [0.717, 1.165) is 16.8 Å². The highest BCUT2D eigenvalue weighted by molar-refractivity contribution is 7.89. The van der Waals surface area contributed by atoms with E-state index in [1.54, 1.807) is 31.2 Å². The number of hydrogen-bond donors (Lipinski definition) is 1. The van der Waals surface area contributed by atoms with Gasteiger partial charge in [0, 0.05) is 11.8 Å². The molecule has 2 heterocycles. The summed E-state index contributed by atoms with van der Waals surface area (Å²) < 4.78 is 33.4. The standard InChI is InChI=1S/C20H21N3O5S/c1-13-7-8-17(9-14(13)2)29(26,27)21-11-20(25)28-12-16-10-19(24)23-15(3)5-4-6-18(23)22-16/h4-10,21H,11-12H2,1-3H3. The number of fused-ring (bicyclic) bond motifs is 1. The fraction of sp³-hybridized carbons (Fsp3) is 0.250. The Morgan fingerprint density at radius 3 is 2.59 bits per heavy atom. The maximum atomic E-state index is 12.3. The number of nitrogens with one attached hydrogen (secondary N) is 1. The molecule has 0 aliphatic heterocycles. The predicted octanol–water partition coefficient (Wildman–Crippen LogP) is 1.64. The molecule has 0 aliphatic carbocycles. The third-order valence-corrected chi connectivity index (χ3v) is 5.91. The molecule has 0 saturated heterocycles. The summed E-state index contributed by atoms with van der Waals surface area (Å²) in [6, 6.07) is 11.2. The van der Waals surface area contributed by atoms with Gasteiger partial charge in [-0.05, 0) is 56.2 Å². The summed E-state index contributed by atoms with van der Waals surface area (Å²) in [4.78, 5) is 28.5. The number of aromatic nitrogens is 2. The van der Waals surface area contributed by atoms with Crippen LogP contribution in [0.4, 0.5) is 0 Å². The second-order valence-electron chi connectivity index (χ2n) is 6.68. The molecule has 0 aliphatic rings. The van der Waals surface area contributed by atoms with Gasteiger partial charge in [-0.25, -0.2) is 13.4 Å². The maximum absolute atomic E-state index is 12.3.